The Morgan fingerprint density at radius 3 is 2.13 bits per heavy atom. The van der Waals surface area contributed by atoms with E-state index in [4.69, 9.17) is 9.47 Å². The summed E-state index contributed by atoms with van der Waals surface area (Å²) in [7, 11) is 5.18. The number of carbonyl (C=O) groups is 2. The van der Waals surface area contributed by atoms with Crippen molar-refractivity contribution >= 4 is 11.9 Å². The number of aryl methyl sites for hydroxylation is 1. The molecule has 4 aliphatic carbocycles. The number of benzene rings is 1. The molecule has 1 aromatic carbocycles. The standard InChI is InChI=1S/C24H35N3O4/c1-15-5-20(30-3)21(31-4)9-19(15)13-27(2)14-22(28)25-23(29)26-24-10-16-6-17(11-24)8-18(7-16)12-24/h5,9,16-18H,6-8,10-14H2,1-4H3,(H2,25,26,28,29)/p+1. The molecular formula is C24H36N3O4+. The van der Waals surface area contributed by atoms with Crippen LogP contribution in [0, 0.1) is 24.7 Å². The van der Waals surface area contributed by atoms with Gasteiger partial charge in [0.1, 0.15) is 6.54 Å². The van der Waals surface area contributed by atoms with Crippen molar-refractivity contribution in [3.05, 3.63) is 23.3 Å². The van der Waals surface area contributed by atoms with Crippen LogP contribution in [0.2, 0.25) is 0 Å². The fourth-order valence-corrected chi connectivity index (χ4v) is 6.58. The van der Waals surface area contributed by atoms with Gasteiger partial charge in [0, 0.05) is 11.1 Å². The molecule has 1 atom stereocenters. The van der Waals surface area contributed by atoms with Crippen molar-refractivity contribution in [3.8, 4) is 11.5 Å². The van der Waals surface area contributed by atoms with Crippen LogP contribution in [0.4, 0.5) is 4.79 Å². The fourth-order valence-electron chi connectivity index (χ4n) is 6.58. The first-order valence-electron chi connectivity index (χ1n) is 11.4. The average molecular weight is 431 g/mol. The molecule has 1 unspecified atom stereocenters. The molecule has 1 aromatic rings. The summed E-state index contributed by atoms with van der Waals surface area (Å²) in [5.74, 6) is 3.38. The number of rotatable bonds is 7. The van der Waals surface area contributed by atoms with Gasteiger partial charge in [0.2, 0.25) is 0 Å². The zero-order chi connectivity index (χ0) is 22.2. The summed E-state index contributed by atoms with van der Waals surface area (Å²) >= 11 is 0. The van der Waals surface area contributed by atoms with E-state index in [1.165, 1.54) is 19.3 Å². The summed E-state index contributed by atoms with van der Waals surface area (Å²) in [6.07, 6.45) is 7.20. The summed E-state index contributed by atoms with van der Waals surface area (Å²) < 4.78 is 10.7. The second kappa shape index (κ2) is 8.69. The zero-order valence-electron chi connectivity index (χ0n) is 19.2. The van der Waals surface area contributed by atoms with Gasteiger partial charge in [0.25, 0.3) is 5.91 Å². The van der Waals surface area contributed by atoms with E-state index >= 15 is 0 Å². The van der Waals surface area contributed by atoms with Crippen LogP contribution >= 0.6 is 0 Å². The number of amides is 3. The molecule has 0 aliphatic heterocycles. The number of ether oxygens (including phenoxy) is 2. The van der Waals surface area contributed by atoms with Gasteiger partial charge < -0.3 is 19.7 Å². The maximum atomic E-state index is 12.6. The van der Waals surface area contributed by atoms with Crippen molar-refractivity contribution in [1.82, 2.24) is 10.6 Å². The van der Waals surface area contributed by atoms with Gasteiger partial charge in [-0.3, -0.25) is 10.1 Å². The van der Waals surface area contributed by atoms with Crippen LogP contribution in [0.3, 0.4) is 0 Å². The van der Waals surface area contributed by atoms with Crippen LogP contribution in [0.1, 0.15) is 49.7 Å². The Balaban J connectivity index is 1.29. The SMILES string of the molecule is COc1cc(C)c(C[NH+](C)CC(=O)NC(=O)NC23CC4CC(CC(C4)C2)C3)cc1OC. The van der Waals surface area contributed by atoms with Crippen molar-refractivity contribution in [2.75, 3.05) is 27.8 Å². The summed E-state index contributed by atoms with van der Waals surface area (Å²) in [4.78, 5) is 26.1. The zero-order valence-corrected chi connectivity index (χ0v) is 19.2. The van der Waals surface area contributed by atoms with E-state index in [9.17, 15) is 9.59 Å². The Hall–Kier alpha value is -2.28. The van der Waals surface area contributed by atoms with Crippen molar-refractivity contribution in [1.29, 1.82) is 0 Å². The predicted octanol–water partition coefficient (Wildman–Crippen LogP) is 1.82. The predicted molar refractivity (Wildman–Crippen MR) is 117 cm³/mol. The number of urea groups is 1. The van der Waals surface area contributed by atoms with Crippen molar-refractivity contribution in [2.45, 2.75) is 57.5 Å². The van der Waals surface area contributed by atoms with Crippen molar-refractivity contribution in [3.63, 3.8) is 0 Å². The highest BCUT2D eigenvalue weighted by Gasteiger charge is 2.51. The number of hydrogen-bond acceptors (Lipinski definition) is 4. The summed E-state index contributed by atoms with van der Waals surface area (Å²) in [6.45, 7) is 2.89. The number of nitrogens with one attached hydrogen (secondary N) is 3. The van der Waals surface area contributed by atoms with Crippen LogP contribution in [0.5, 0.6) is 11.5 Å². The number of hydrogen-bond donors (Lipinski definition) is 3. The highest BCUT2D eigenvalue weighted by Crippen LogP contribution is 2.55. The Kier molecular flexibility index (Phi) is 6.15. The van der Waals surface area contributed by atoms with Crippen molar-refractivity contribution in [2.24, 2.45) is 17.8 Å². The van der Waals surface area contributed by atoms with Crippen molar-refractivity contribution < 1.29 is 24.0 Å². The van der Waals surface area contributed by atoms with Gasteiger partial charge in [-0.25, -0.2) is 4.79 Å². The molecule has 4 bridgehead atoms. The van der Waals surface area contributed by atoms with Crippen LogP contribution < -0.4 is 25.0 Å². The lowest BCUT2D eigenvalue weighted by molar-refractivity contribution is -0.885. The van der Waals surface area contributed by atoms with E-state index in [2.05, 4.69) is 10.6 Å². The third kappa shape index (κ3) is 4.81. The summed E-state index contributed by atoms with van der Waals surface area (Å²) in [6, 6.07) is 3.57. The van der Waals surface area contributed by atoms with Gasteiger partial charge in [0.15, 0.2) is 18.0 Å². The number of quaternary nitrogens is 1. The minimum atomic E-state index is -0.331. The Morgan fingerprint density at radius 2 is 1.58 bits per heavy atom. The fraction of sp³-hybridized carbons (Fsp3) is 0.667. The molecule has 0 radical (unpaired) electrons. The van der Waals surface area contributed by atoms with Gasteiger partial charge >= 0.3 is 6.03 Å². The lowest BCUT2D eigenvalue weighted by Crippen LogP contribution is -3.09. The lowest BCUT2D eigenvalue weighted by Gasteiger charge is -2.56. The lowest BCUT2D eigenvalue weighted by atomic mass is 9.53. The smallest absolute Gasteiger partial charge is 0.322 e. The summed E-state index contributed by atoms with van der Waals surface area (Å²) in [5, 5.41) is 5.78. The van der Waals surface area contributed by atoms with Crippen LogP contribution in [0.25, 0.3) is 0 Å². The minimum Gasteiger partial charge on any atom is -0.493 e. The molecule has 0 spiro atoms. The molecule has 4 aliphatic rings. The van der Waals surface area contributed by atoms with E-state index in [0.717, 1.165) is 53.0 Å². The largest absolute Gasteiger partial charge is 0.493 e. The van der Waals surface area contributed by atoms with E-state index in [0.29, 0.717) is 18.0 Å². The second-order valence-electron chi connectivity index (χ2n) is 10.1. The molecule has 31 heavy (non-hydrogen) atoms. The van der Waals surface area contributed by atoms with Gasteiger partial charge in [0.05, 0.1) is 21.3 Å². The first kappa shape index (κ1) is 21.9. The molecule has 4 fully saturated rings. The maximum absolute atomic E-state index is 12.6. The topological polar surface area (TPSA) is 81.1 Å². The molecule has 7 heteroatoms. The average Bonchev–Trinajstić information content (AvgIpc) is 2.67. The number of methoxy groups -OCH3 is 2. The van der Waals surface area contributed by atoms with Crippen LogP contribution in [-0.4, -0.2) is 45.3 Å². The third-order valence-electron chi connectivity index (χ3n) is 7.47. The quantitative estimate of drug-likeness (QED) is 0.617. The summed E-state index contributed by atoms with van der Waals surface area (Å²) in [5.41, 5.74) is 2.08. The maximum Gasteiger partial charge on any atom is 0.322 e. The first-order valence-corrected chi connectivity index (χ1v) is 11.4. The molecule has 3 amide bonds. The normalized spacial score (nSPS) is 29.4. The molecule has 4 saturated carbocycles. The van der Waals surface area contributed by atoms with Gasteiger partial charge in [-0.05, 0) is 80.9 Å². The second-order valence-corrected chi connectivity index (χ2v) is 10.1. The Labute approximate surface area is 184 Å². The van der Waals surface area contributed by atoms with Crippen LogP contribution in [-0.2, 0) is 11.3 Å². The van der Waals surface area contributed by atoms with E-state index < -0.39 is 0 Å². The highest BCUT2D eigenvalue weighted by molar-refractivity contribution is 5.95. The molecule has 0 heterocycles. The van der Waals surface area contributed by atoms with Gasteiger partial charge in [-0.2, -0.15) is 0 Å². The Morgan fingerprint density at radius 1 is 1.03 bits per heavy atom. The number of carbonyl (C=O) groups excluding carboxylic acids is 2. The van der Waals surface area contributed by atoms with E-state index in [1.54, 1.807) is 14.2 Å². The van der Waals surface area contributed by atoms with Gasteiger partial charge in [-0.15, -0.1) is 0 Å². The number of likely N-dealkylation sites (N-methyl/N-ethyl adjacent to an activating group) is 1. The Bertz CT molecular complexity index is 818. The molecule has 3 N–H and O–H groups in total. The van der Waals surface area contributed by atoms with Gasteiger partial charge in [-0.1, -0.05) is 0 Å². The third-order valence-corrected chi connectivity index (χ3v) is 7.47. The molecular weight excluding hydrogens is 394 g/mol. The monoisotopic (exact) mass is 430 g/mol. The van der Waals surface area contributed by atoms with E-state index in [1.807, 2.05) is 26.1 Å². The first-order chi connectivity index (χ1) is 14.8. The number of imide groups is 1. The molecule has 0 saturated heterocycles. The molecule has 170 valence electrons. The highest BCUT2D eigenvalue weighted by atomic mass is 16.5. The molecule has 0 aromatic heterocycles. The molecule has 5 rings (SSSR count). The van der Waals surface area contributed by atoms with E-state index in [-0.39, 0.29) is 24.0 Å². The van der Waals surface area contributed by atoms with Crippen LogP contribution in [0.15, 0.2) is 12.1 Å². The minimum absolute atomic E-state index is 0.0887. The molecule has 7 nitrogen and oxygen atoms in total.